The van der Waals surface area contributed by atoms with Crippen molar-refractivity contribution in [1.29, 1.82) is 0 Å². The van der Waals surface area contributed by atoms with E-state index in [4.69, 9.17) is 16.0 Å². The number of halogens is 1. The third-order valence-corrected chi connectivity index (χ3v) is 6.18. The smallest absolute Gasteiger partial charge is 0.242 e. The molecule has 30 heavy (non-hydrogen) atoms. The minimum atomic E-state index is -0.300. The molecular formula is C22H19ClN4O2S. The minimum Gasteiger partial charge on any atom is -0.467 e. The number of nitrogens with zero attached hydrogens (tertiary/aromatic N) is 4. The predicted octanol–water partition coefficient (Wildman–Crippen LogP) is 4.71. The number of amidine groups is 1. The molecule has 4 rings (SSSR count). The van der Waals surface area contributed by atoms with Crippen molar-refractivity contribution in [3.05, 3.63) is 88.6 Å². The Hall–Kier alpha value is -2.90. The first kappa shape index (κ1) is 20.4. The number of furan rings is 1. The van der Waals surface area contributed by atoms with Crippen LogP contribution >= 0.6 is 23.4 Å². The van der Waals surface area contributed by atoms with Crippen LogP contribution in [-0.4, -0.2) is 32.4 Å². The average molecular weight is 439 g/mol. The van der Waals surface area contributed by atoms with Gasteiger partial charge in [-0.25, -0.2) is 0 Å². The Labute approximate surface area is 183 Å². The third-order valence-electron chi connectivity index (χ3n) is 4.61. The Morgan fingerprint density at radius 3 is 2.93 bits per heavy atom. The van der Waals surface area contributed by atoms with Gasteiger partial charge in [0.15, 0.2) is 5.17 Å². The molecule has 3 heterocycles. The fourth-order valence-corrected chi connectivity index (χ4v) is 4.33. The Balaban J connectivity index is 1.56. The lowest BCUT2D eigenvalue weighted by Crippen LogP contribution is -2.32. The highest BCUT2D eigenvalue weighted by atomic mass is 35.5. The molecule has 1 aliphatic heterocycles. The first-order valence-electron chi connectivity index (χ1n) is 9.36. The Kier molecular flexibility index (Phi) is 6.30. The molecule has 0 aliphatic carbocycles. The number of benzene rings is 1. The van der Waals surface area contributed by atoms with Crippen LogP contribution in [0, 0.1) is 6.92 Å². The summed E-state index contributed by atoms with van der Waals surface area (Å²) in [5.74, 6) is 0.662. The molecule has 2 aromatic heterocycles. The second-order valence-corrected chi connectivity index (χ2v) is 8.39. The number of rotatable bonds is 6. The second kappa shape index (κ2) is 9.28. The van der Waals surface area contributed by atoms with Gasteiger partial charge in [-0.15, -0.1) is 5.10 Å². The molecule has 152 valence electrons. The van der Waals surface area contributed by atoms with E-state index in [0.717, 1.165) is 16.7 Å². The monoisotopic (exact) mass is 438 g/mol. The number of hydrogen-bond acceptors (Lipinski definition) is 6. The summed E-state index contributed by atoms with van der Waals surface area (Å²) in [5, 5.41) is 9.42. The number of hydrogen-bond donors (Lipinski definition) is 0. The van der Waals surface area contributed by atoms with Crippen molar-refractivity contribution in [2.75, 3.05) is 0 Å². The number of carbonyl (C=O) groups excluding carboxylic acids is 1. The SMILES string of the molecule is Cc1ccc(C[C@@H]2S/C(=N\N=C/c3cccnc3)N(Cc3ccco3)C2=O)cc1Cl. The van der Waals surface area contributed by atoms with E-state index in [9.17, 15) is 4.79 Å². The van der Waals surface area contributed by atoms with Gasteiger partial charge in [0, 0.05) is 23.0 Å². The van der Waals surface area contributed by atoms with Gasteiger partial charge < -0.3 is 4.42 Å². The summed E-state index contributed by atoms with van der Waals surface area (Å²) in [7, 11) is 0. The first-order chi connectivity index (χ1) is 14.6. The summed E-state index contributed by atoms with van der Waals surface area (Å²) in [6.07, 6.45) is 7.15. The van der Waals surface area contributed by atoms with Gasteiger partial charge in [0.05, 0.1) is 24.3 Å². The molecule has 6 nitrogen and oxygen atoms in total. The molecule has 1 atom stereocenters. The first-order valence-corrected chi connectivity index (χ1v) is 10.6. The molecule has 1 amide bonds. The maximum atomic E-state index is 13.1. The molecule has 3 aromatic rings. The number of amides is 1. The van der Waals surface area contributed by atoms with Gasteiger partial charge in [-0.2, -0.15) is 5.10 Å². The van der Waals surface area contributed by atoms with E-state index in [0.29, 0.717) is 28.9 Å². The minimum absolute atomic E-state index is 0.0246. The molecule has 0 unspecified atom stereocenters. The van der Waals surface area contributed by atoms with E-state index < -0.39 is 0 Å². The summed E-state index contributed by atoms with van der Waals surface area (Å²) in [6, 6.07) is 13.2. The maximum Gasteiger partial charge on any atom is 0.242 e. The van der Waals surface area contributed by atoms with Crippen LogP contribution < -0.4 is 0 Å². The van der Waals surface area contributed by atoms with Crippen molar-refractivity contribution in [2.24, 2.45) is 10.2 Å². The normalized spacial score (nSPS) is 18.1. The molecule has 0 radical (unpaired) electrons. The molecule has 1 saturated heterocycles. The molecule has 0 N–H and O–H groups in total. The molecule has 1 aromatic carbocycles. The molecule has 8 heteroatoms. The van der Waals surface area contributed by atoms with Gasteiger partial charge in [0.25, 0.3) is 0 Å². The summed E-state index contributed by atoms with van der Waals surface area (Å²) >= 11 is 7.65. The quantitative estimate of drug-likeness (QED) is 0.412. The summed E-state index contributed by atoms with van der Waals surface area (Å²) in [4.78, 5) is 18.8. The van der Waals surface area contributed by atoms with Crippen LogP contribution in [0.3, 0.4) is 0 Å². The van der Waals surface area contributed by atoms with Crippen LogP contribution in [-0.2, 0) is 17.8 Å². The molecule has 1 fully saturated rings. The highest BCUT2D eigenvalue weighted by molar-refractivity contribution is 8.15. The van der Waals surface area contributed by atoms with E-state index in [2.05, 4.69) is 15.2 Å². The topological polar surface area (TPSA) is 71.1 Å². The van der Waals surface area contributed by atoms with Crippen molar-refractivity contribution in [3.8, 4) is 0 Å². The van der Waals surface area contributed by atoms with Gasteiger partial charge in [0.2, 0.25) is 5.91 Å². The summed E-state index contributed by atoms with van der Waals surface area (Å²) < 4.78 is 5.43. The van der Waals surface area contributed by atoms with E-state index >= 15 is 0 Å². The third kappa shape index (κ3) is 4.80. The Morgan fingerprint density at radius 1 is 1.30 bits per heavy atom. The van der Waals surface area contributed by atoms with Crippen molar-refractivity contribution >= 4 is 40.7 Å². The van der Waals surface area contributed by atoms with Gasteiger partial charge >= 0.3 is 0 Å². The second-order valence-electron chi connectivity index (χ2n) is 6.81. The average Bonchev–Trinajstić information content (AvgIpc) is 3.36. The predicted molar refractivity (Wildman–Crippen MR) is 120 cm³/mol. The van der Waals surface area contributed by atoms with Crippen LogP contribution in [0.1, 0.15) is 22.5 Å². The molecular weight excluding hydrogens is 420 g/mol. The number of pyridine rings is 1. The summed E-state index contributed by atoms with van der Waals surface area (Å²) in [6.45, 7) is 2.27. The van der Waals surface area contributed by atoms with Crippen LogP contribution in [0.2, 0.25) is 5.02 Å². The lowest BCUT2D eigenvalue weighted by atomic mass is 10.1. The van der Waals surface area contributed by atoms with E-state index in [-0.39, 0.29) is 11.2 Å². The van der Waals surface area contributed by atoms with Crippen molar-refractivity contribution < 1.29 is 9.21 Å². The summed E-state index contributed by atoms with van der Waals surface area (Å²) in [5.41, 5.74) is 2.85. The van der Waals surface area contributed by atoms with Crippen LogP contribution in [0.5, 0.6) is 0 Å². The van der Waals surface area contributed by atoms with Gasteiger partial charge in [-0.3, -0.25) is 14.7 Å². The number of carbonyl (C=O) groups is 1. The molecule has 0 saturated carbocycles. The zero-order chi connectivity index (χ0) is 20.9. The Morgan fingerprint density at radius 2 is 2.20 bits per heavy atom. The zero-order valence-electron chi connectivity index (χ0n) is 16.2. The lowest BCUT2D eigenvalue weighted by molar-refractivity contribution is -0.126. The van der Waals surface area contributed by atoms with Crippen LogP contribution in [0.25, 0.3) is 0 Å². The highest BCUT2D eigenvalue weighted by Gasteiger charge is 2.38. The van der Waals surface area contributed by atoms with Gasteiger partial charge in [0.1, 0.15) is 5.76 Å². The molecule has 0 bridgehead atoms. The van der Waals surface area contributed by atoms with Crippen LogP contribution in [0.15, 0.2) is 75.7 Å². The van der Waals surface area contributed by atoms with Crippen molar-refractivity contribution in [3.63, 3.8) is 0 Å². The van der Waals surface area contributed by atoms with Gasteiger partial charge in [-0.05, 0) is 48.7 Å². The van der Waals surface area contributed by atoms with Crippen molar-refractivity contribution in [2.45, 2.75) is 25.1 Å². The standard InChI is InChI=1S/C22H19ClN4O2S/c1-15-6-7-16(10-19(15)23)11-20-21(28)27(14-18-5-3-9-29-18)22(30-20)26-25-13-17-4-2-8-24-12-17/h2-10,12-13,20H,11,14H2,1H3/b25-13-,26-22-/t20-/m0/s1. The van der Waals surface area contributed by atoms with Crippen LogP contribution in [0.4, 0.5) is 0 Å². The lowest BCUT2D eigenvalue weighted by Gasteiger charge is -2.14. The number of aryl methyl sites for hydroxylation is 1. The zero-order valence-corrected chi connectivity index (χ0v) is 17.8. The van der Waals surface area contributed by atoms with Gasteiger partial charge in [-0.1, -0.05) is 41.6 Å². The molecule has 0 spiro atoms. The van der Waals surface area contributed by atoms with E-state index in [1.165, 1.54) is 11.8 Å². The molecule has 1 aliphatic rings. The number of thioether (sulfide) groups is 1. The Bertz CT molecular complexity index is 1080. The fraction of sp³-hybridized carbons (Fsp3) is 0.182. The number of aromatic nitrogens is 1. The van der Waals surface area contributed by atoms with Crippen molar-refractivity contribution in [1.82, 2.24) is 9.88 Å². The fourth-order valence-electron chi connectivity index (χ4n) is 2.99. The van der Waals surface area contributed by atoms with E-state index in [1.54, 1.807) is 35.8 Å². The van der Waals surface area contributed by atoms with E-state index in [1.807, 2.05) is 43.3 Å². The maximum absolute atomic E-state index is 13.1. The largest absolute Gasteiger partial charge is 0.467 e. The highest BCUT2D eigenvalue weighted by Crippen LogP contribution is 2.32.